The van der Waals surface area contributed by atoms with E-state index >= 15 is 0 Å². The molecule has 1 heterocycles. The summed E-state index contributed by atoms with van der Waals surface area (Å²) in [5, 5.41) is 11.2. The van der Waals surface area contributed by atoms with E-state index in [1.165, 1.54) is 4.90 Å². The van der Waals surface area contributed by atoms with Gasteiger partial charge in [0.1, 0.15) is 18.1 Å². The predicted molar refractivity (Wildman–Crippen MR) is 159 cm³/mol. The van der Waals surface area contributed by atoms with Gasteiger partial charge in [0.15, 0.2) is 0 Å². The highest BCUT2D eigenvalue weighted by Gasteiger charge is 2.70. The summed E-state index contributed by atoms with van der Waals surface area (Å²) in [5.74, 6) is -2.59. The number of carbonyl (C=O) groups excluding carboxylic acids is 6. The molecule has 4 aliphatic rings. The summed E-state index contributed by atoms with van der Waals surface area (Å²) in [6.45, 7) is 14.2. The number of hydrogen-bond acceptors (Lipinski definition) is 6. The Bertz CT molecular complexity index is 1150. The molecular weight excluding hydrogens is 552 g/mol. The average molecular weight is 603 g/mol. The van der Waals surface area contributed by atoms with Crippen LogP contribution in [0, 0.1) is 40.4 Å². The second kappa shape index (κ2) is 12.1. The molecule has 4 fully saturated rings. The molecule has 0 aromatic heterocycles. The Balaban J connectivity index is 1.49. The molecule has 1 unspecified atom stereocenters. The van der Waals surface area contributed by atoms with Crippen molar-refractivity contribution >= 4 is 35.4 Å². The molecule has 0 spiro atoms. The van der Waals surface area contributed by atoms with Crippen molar-refractivity contribution in [1.82, 2.24) is 26.2 Å². The van der Waals surface area contributed by atoms with Crippen LogP contribution in [0.2, 0.25) is 0 Å². The zero-order valence-corrected chi connectivity index (χ0v) is 26.6. The molecule has 0 bridgehead atoms. The number of urea groups is 1. The fraction of sp³-hybridized carbons (Fsp3) is 0.806. The second-order valence-corrected chi connectivity index (χ2v) is 15.2. The number of fused-ring (bicyclic) bond motifs is 1. The Morgan fingerprint density at radius 2 is 1.53 bits per heavy atom. The number of hydrogen-bond donors (Lipinski definition) is 5. The van der Waals surface area contributed by atoms with E-state index in [-0.39, 0.29) is 35.0 Å². The highest BCUT2D eigenvalue weighted by Crippen LogP contribution is 2.65. The summed E-state index contributed by atoms with van der Waals surface area (Å²) in [7, 11) is 0. The number of piperidine rings is 1. The summed E-state index contributed by atoms with van der Waals surface area (Å²) in [4.78, 5) is 79.8. The van der Waals surface area contributed by atoms with Crippen LogP contribution in [0.4, 0.5) is 4.79 Å². The zero-order valence-electron chi connectivity index (χ0n) is 26.6. The third kappa shape index (κ3) is 7.49. The minimum atomic E-state index is -1.10. The van der Waals surface area contributed by atoms with Crippen molar-refractivity contribution in [2.45, 2.75) is 105 Å². The predicted octanol–water partition coefficient (Wildman–Crippen LogP) is 1.07. The third-order valence-corrected chi connectivity index (χ3v) is 9.79. The van der Waals surface area contributed by atoms with E-state index in [0.29, 0.717) is 25.4 Å². The van der Waals surface area contributed by atoms with Crippen molar-refractivity contribution in [1.29, 1.82) is 0 Å². The molecule has 1 saturated heterocycles. The molecule has 3 aliphatic carbocycles. The van der Waals surface area contributed by atoms with Crippen molar-refractivity contribution in [2.75, 3.05) is 13.1 Å². The quantitative estimate of drug-likeness (QED) is 0.197. The Morgan fingerprint density at radius 3 is 2.05 bits per heavy atom. The molecular formula is C31H50N6O6. The Kier molecular flexibility index (Phi) is 9.19. The largest absolute Gasteiger partial charge is 0.363 e. The molecule has 12 heteroatoms. The van der Waals surface area contributed by atoms with Crippen LogP contribution in [-0.4, -0.2) is 77.6 Å². The van der Waals surface area contributed by atoms with Gasteiger partial charge in [-0.3, -0.25) is 24.0 Å². The number of nitrogens with zero attached hydrogens (tertiary/aromatic N) is 1. The highest BCUT2D eigenvalue weighted by molar-refractivity contribution is 6.37. The minimum Gasteiger partial charge on any atom is -0.363 e. The fourth-order valence-corrected chi connectivity index (χ4v) is 6.50. The van der Waals surface area contributed by atoms with E-state index in [0.717, 1.165) is 25.7 Å². The number of ketones is 1. The summed E-state index contributed by atoms with van der Waals surface area (Å²) in [6.07, 6.45) is 4.36. The number of nitrogens with two attached hydrogens (primary N) is 1. The number of Topliss-reactive ketones (excluding diaryl/α,β-unsaturated/α-hetero) is 1. The lowest BCUT2D eigenvalue weighted by atomic mass is 9.85. The van der Waals surface area contributed by atoms with E-state index in [1.807, 2.05) is 48.5 Å². The lowest BCUT2D eigenvalue weighted by Gasteiger charge is -2.38. The maximum absolute atomic E-state index is 14.2. The molecule has 0 aromatic carbocycles. The molecule has 0 radical (unpaired) electrons. The molecule has 6 atom stereocenters. The van der Waals surface area contributed by atoms with Crippen LogP contribution in [-0.2, 0) is 24.0 Å². The van der Waals surface area contributed by atoms with Crippen molar-refractivity contribution in [3.63, 3.8) is 0 Å². The summed E-state index contributed by atoms with van der Waals surface area (Å²) < 4.78 is 0. The maximum atomic E-state index is 14.2. The van der Waals surface area contributed by atoms with Crippen LogP contribution in [0.3, 0.4) is 0 Å². The Morgan fingerprint density at radius 1 is 0.930 bits per heavy atom. The van der Waals surface area contributed by atoms with Crippen molar-refractivity contribution in [3.8, 4) is 0 Å². The van der Waals surface area contributed by atoms with Gasteiger partial charge in [0, 0.05) is 13.1 Å². The lowest BCUT2D eigenvalue weighted by Crippen LogP contribution is -2.62. The minimum absolute atomic E-state index is 0.0795. The van der Waals surface area contributed by atoms with Crippen molar-refractivity contribution < 1.29 is 28.8 Å². The zero-order chi connectivity index (χ0) is 32.0. The van der Waals surface area contributed by atoms with Gasteiger partial charge in [0.25, 0.3) is 5.91 Å². The van der Waals surface area contributed by atoms with Gasteiger partial charge in [0.2, 0.25) is 23.5 Å². The number of likely N-dealkylation sites (tertiary alicyclic amines) is 1. The number of amides is 6. The Hall–Kier alpha value is -3.18. The summed E-state index contributed by atoms with van der Waals surface area (Å²) >= 11 is 0. The molecule has 6 N–H and O–H groups in total. The first-order valence-corrected chi connectivity index (χ1v) is 15.7. The van der Waals surface area contributed by atoms with E-state index in [2.05, 4.69) is 21.3 Å². The molecule has 3 saturated carbocycles. The highest BCUT2D eigenvalue weighted by atomic mass is 16.2. The van der Waals surface area contributed by atoms with Crippen LogP contribution >= 0.6 is 0 Å². The SMILES string of the molecule is CC(C)[C@H](NC(=O)N[C@H](C(=O)N1C[C@H]2[C@@H]([C@H]1C(=O)NC(CC1CC1)C(=O)C(N)=O)C2(C)C)C(C)(C)C)C(=O)NCC1CC1. The fourth-order valence-electron chi connectivity index (χ4n) is 6.50. The first-order chi connectivity index (χ1) is 19.9. The van der Waals surface area contributed by atoms with Crippen LogP contribution in [0.25, 0.3) is 0 Å². The molecule has 43 heavy (non-hydrogen) atoms. The molecule has 240 valence electrons. The summed E-state index contributed by atoms with van der Waals surface area (Å²) in [5.41, 5.74) is 4.37. The van der Waals surface area contributed by atoms with Crippen molar-refractivity contribution in [2.24, 2.45) is 46.2 Å². The van der Waals surface area contributed by atoms with Crippen molar-refractivity contribution in [3.05, 3.63) is 0 Å². The third-order valence-electron chi connectivity index (χ3n) is 9.79. The van der Waals surface area contributed by atoms with Crippen LogP contribution in [0.5, 0.6) is 0 Å². The van der Waals surface area contributed by atoms with E-state index in [1.54, 1.807) is 0 Å². The number of rotatable bonds is 13. The lowest BCUT2D eigenvalue weighted by molar-refractivity contribution is -0.145. The summed E-state index contributed by atoms with van der Waals surface area (Å²) in [6, 6.07) is -4.31. The van der Waals surface area contributed by atoms with Gasteiger partial charge >= 0.3 is 6.03 Å². The van der Waals surface area contributed by atoms with E-state index < -0.39 is 59.1 Å². The van der Waals surface area contributed by atoms with E-state index in [9.17, 15) is 28.8 Å². The molecule has 4 rings (SSSR count). The topological polar surface area (TPSA) is 180 Å². The van der Waals surface area contributed by atoms with Crippen LogP contribution < -0.4 is 27.0 Å². The first kappa shape index (κ1) is 32.7. The van der Waals surface area contributed by atoms with E-state index in [4.69, 9.17) is 5.73 Å². The molecule has 0 aromatic rings. The second-order valence-electron chi connectivity index (χ2n) is 15.2. The van der Waals surface area contributed by atoms with Gasteiger partial charge in [0.05, 0.1) is 6.04 Å². The molecule has 6 amide bonds. The smallest absolute Gasteiger partial charge is 0.316 e. The normalized spacial score (nSPS) is 26.0. The molecule has 1 aliphatic heterocycles. The number of primary amides is 1. The van der Waals surface area contributed by atoms with Gasteiger partial charge in [-0.2, -0.15) is 0 Å². The maximum Gasteiger partial charge on any atom is 0.316 e. The Labute approximate surface area is 254 Å². The van der Waals surface area contributed by atoms with Gasteiger partial charge in [-0.15, -0.1) is 0 Å². The van der Waals surface area contributed by atoms with Crippen LogP contribution in [0.15, 0.2) is 0 Å². The average Bonchev–Trinajstić information content (AvgIpc) is 3.85. The number of carbonyl (C=O) groups is 6. The van der Waals surface area contributed by atoms with Crippen LogP contribution in [0.1, 0.15) is 80.6 Å². The van der Waals surface area contributed by atoms with Gasteiger partial charge in [-0.05, 0) is 59.7 Å². The first-order valence-electron chi connectivity index (χ1n) is 15.7. The molecule has 12 nitrogen and oxygen atoms in total. The standard InChI is InChI=1S/C31H50N6O6/c1-15(2)21(26(40)33-13-17-10-11-17)35-29(43)36-24(30(3,4)5)28(42)37-14-18-20(31(18,6)7)22(37)27(41)34-19(12-16-8-9-16)23(38)25(32)39/h15-22,24H,8-14H2,1-7H3,(H2,32,39)(H,33,40)(H,34,41)(H2,35,36,43)/t18-,19?,20-,21-,22-,24+/m0/s1. The number of nitrogens with one attached hydrogen (secondary N) is 4. The van der Waals surface area contributed by atoms with Gasteiger partial charge < -0.3 is 31.9 Å². The van der Waals surface area contributed by atoms with Gasteiger partial charge in [-0.1, -0.05) is 61.3 Å². The van der Waals surface area contributed by atoms with Gasteiger partial charge in [-0.25, -0.2) is 4.79 Å². The monoisotopic (exact) mass is 602 g/mol.